The Balaban J connectivity index is 2.41. The van der Waals surface area contributed by atoms with Crippen molar-refractivity contribution in [1.29, 1.82) is 0 Å². The first-order valence-electron chi connectivity index (χ1n) is 6.65. The number of hydrogen-bond acceptors (Lipinski definition) is 2. The standard InChI is InChI=1S/C16H25NO2/c1-15(2,3)14(18)17-16(4,5)12-19-11-13-9-7-6-8-10-13/h6-10H,11-12H2,1-5H3,(H,17,18). The van der Waals surface area contributed by atoms with Gasteiger partial charge in [-0.2, -0.15) is 0 Å². The molecular weight excluding hydrogens is 238 g/mol. The van der Waals surface area contributed by atoms with Gasteiger partial charge in [-0.25, -0.2) is 0 Å². The third kappa shape index (κ3) is 5.88. The smallest absolute Gasteiger partial charge is 0.225 e. The Morgan fingerprint density at radius 1 is 1.11 bits per heavy atom. The van der Waals surface area contributed by atoms with E-state index in [-0.39, 0.29) is 16.9 Å². The number of benzene rings is 1. The molecule has 0 saturated carbocycles. The molecule has 3 nitrogen and oxygen atoms in total. The average Bonchev–Trinajstić information content (AvgIpc) is 2.28. The molecule has 0 aliphatic heterocycles. The quantitative estimate of drug-likeness (QED) is 0.886. The second-order valence-corrected chi connectivity index (χ2v) is 6.57. The first-order valence-corrected chi connectivity index (χ1v) is 6.65. The van der Waals surface area contributed by atoms with Crippen LogP contribution in [0.4, 0.5) is 0 Å². The predicted molar refractivity (Wildman–Crippen MR) is 77.8 cm³/mol. The number of carbonyl (C=O) groups excluding carboxylic acids is 1. The zero-order valence-electron chi connectivity index (χ0n) is 12.6. The Morgan fingerprint density at radius 3 is 2.21 bits per heavy atom. The molecule has 3 heteroatoms. The van der Waals surface area contributed by atoms with Crippen LogP contribution >= 0.6 is 0 Å². The van der Waals surface area contributed by atoms with Gasteiger partial charge in [0.2, 0.25) is 5.91 Å². The van der Waals surface area contributed by atoms with Gasteiger partial charge in [0.15, 0.2) is 0 Å². The maximum Gasteiger partial charge on any atom is 0.225 e. The Hall–Kier alpha value is -1.35. The summed E-state index contributed by atoms with van der Waals surface area (Å²) < 4.78 is 5.68. The summed E-state index contributed by atoms with van der Waals surface area (Å²) in [7, 11) is 0. The molecule has 0 aliphatic carbocycles. The third-order valence-electron chi connectivity index (χ3n) is 2.71. The Labute approximate surface area is 116 Å². The molecule has 0 aromatic heterocycles. The van der Waals surface area contributed by atoms with Gasteiger partial charge in [0.05, 0.1) is 18.8 Å². The van der Waals surface area contributed by atoms with Crippen LogP contribution in [0.3, 0.4) is 0 Å². The van der Waals surface area contributed by atoms with Crippen LogP contribution in [0.2, 0.25) is 0 Å². The summed E-state index contributed by atoms with van der Waals surface area (Å²) in [6.07, 6.45) is 0. The van der Waals surface area contributed by atoms with E-state index in [1.807, 2.05) is 65.0 Å². The minimum Gasteiger partial charge on any atom is -0.374 e. The second kappa shape index (κ2) is 6.20. The number of hydrogen-bond donors (Lipinski definition) is 1. The van der Waals surface area contributed by atoms with Gasteiger partial charge in [-0.1, -0.05) is 51.1 Å². The maximum atomic E-state index is 11.9. The van der Waals surface area contributed by atoms with E-state index < -0.39 is 0 Å². The fourth-order valence-electron chi connectivity index (χ4n) is 1.53. The van der Waals surface area contributed by atoms with Crippen LogP contribution in [-0.4, -0.2) is 18.1 Å². The van der Waals surface area contributed by atoms with E-state index >= 15 is 0 Å². The highest BCUT2D eigenvalue weighted by Crippen LogP contribution is 2.15. The summed E-state index contributed by atoms with van der Waals surface area (Å²) >= 11 is 0. The highest BCUT2D eigenvalue weighted by molar-refractivity contribution is 5.82. The van der Waals surface area contributed by atoms with Crippen molar-refractivity contribution in [2.45, 2.75) is 46.8 Å². The molecule has 0 heterocycles. The van der Waals surface area contributed by atoms with Gasteiger partial charge < -0.3 is 10.1 Å². The summed E-state index contributed by atoms with van der Waals surface area (Å²) in [6.45, 7) is 10.7. The van der Waals surface area contributed by atoms with E-state index in [2.05, 4.69) is 5.32 Å². The molecule has 19 heavy (non-hydrogen) atoms. The minimum absolute atomic E-state index is 0.0424. The number of ether oxygens (including phenoxy) is 1. The molecule has 1 amide bonds. The van der Waals surface area contributed by atoms with Crippen molar-refractivity contribution in [3.63, 3.8) is 0 Å². The molecule has 1 N–H and O–H groups in total. The molecule has 0 radical (unpaired) electrons. The van der Waals surface area contributed by atoms with E-state index in [4.69, 9.17) is 4.74 Å². The summed E-state index contributed by atoms with van der Waals surface area (Å²) in [6, 6.07) is 10.0. The molecule has 106 valence electrons. The predicted octanol–water partition coefficient (Wildman–Crippen LogP) is 3.14. The molecule has 1 aromatic carbocycles. The lowest BCUT2D eigenvalue weighted by Gasteiger charge is -2.30. The topological polar surface area (TPSA) is 38.3 Å². The second-order valence-electron chi connectivity index (χ2n) is 6.57. The summed E-state index contributed by atoms with van der Waals surface area (Å²) in [5.74, 6) is 0.0424. The minimum atomic E-state index is -0.378. The van der Waals surface area contributed by atoms with Gasteiger partial charge in [0.1, 0.15) is 0 Å². The maximum absolute atomic E-state index is 11.9. The van der Waals surface area contributed by atoms with Crippen molar-refractivity contribution in [2.24, 2.45) is 5.41 Å². The van der Waals surface area contributed by atoms with Crippen LogP contribution < -0.4 is 5.32 Å². The fourth-order valence-corrected chi connectivity index (χ4v) is 1.53. The molecule has 0 saturated heterocycles. The number of rotatable bonds is 5. The fraction of sp³-hybridized carbons (Fsp3) is 0.562. The normalized spacial score (nSPS) is 12.3. The van der Waals surface area contributed by atoms with Crippen LogP contribution in [-0.2, 0) is 16.1 Å². The van der Waals surface area contributed by atoms with Crippen LogP contribution in [0.5, 0.6) is 0 Å². The molecule has 1 rings (SSSR count). The molecule has 0 fully saturated rings. The van der Waals surface area contributed by atoms with Gasteiger partial charge in [-0.05, 0) is 19.4 Å². The summed E-state index contributed by atoms with van der Waals surface area (Å²) in [5, 5.41) is 3.02. The lowest BCUT2D eigenvalue weighted by Crippen LogP contribution is -2.50. The zero-order chi connectivity index (χ0) is 14.5. The van der Waals surface area contributed by atoms with Gasteiger partial charge >= 0.3 is 0 Å². The number of nitrogens with one attached hydrogen (secondary N) is 1. The molecule has 0 aliphatic rings. The first-order chi connectivity index (χ1) is 8.71. The van der Waals surface area contributed by atoms with Crippen LogP contribution in [0.25, 0.3) is 0 Å². The van der Waals surface area contributed by atoms with Crippen LogP contribution in [0.15, 0.2) is 30.3 Å². The summed E-state index contributed by atoms with van der Waals surface area (Å²) in [4.78, 5) is 11.9. The van der Waals surface area contributed by atoms with E-state index in [1.165, 1.54) is 0 Å². The van der Waals surface area contributed by atoms with Crippen molar-refractivity contribution < 1.29 is 9.53 Å². The summed E-state index contributed by atoms with van der Waals surface area (Å²) in [5.41, 5.74) is 0.399. The van der Waals surface area contributed by atoms with Gasteiger partial charge in [0.25, 0.3) is 0 Å². The Kier molecular flexibility index (Phi) is 5.12. The molecule has 1 aromatic rings. The van der Waals surface area contributed by atoms with Crippen molar-refractivity contribution in [3.8, 4) is 0 Å². The molecule has 0 bridgehead atoms. The number of amides is 1. The van der Waals surface area contributed by atoms with Crippen molar-refractivity contribution >= 4 is 5.91 Å². The zero-order valence-corrected chi connectivity index (χ0v) is 12.6. The molecule has 0 unspecified atom stereocenters. The van der Waals surface area contributed by atoms with E-state index in [0.717, 1.165) is 5.56 Å². The van der Waals surface area contributed by atoms with Crippen molar-refractivity contribution in [2.75, 3.05) is 6.61 Å². The number of carbonyl (C=O) groups is 1. The van der Waals surface area contributed by atoms with Crippen LogP contribution in [0, 0.1) is 5.41 Å². The van der Waals surface area contributed by atoms with Crippen molar-refractivity contribution in [1.82, 2.24) is 5.32 Å². The molecule has 0 spiro atoms. The SMILES string of the molecule is CC(C)(COCc1ccccc1)NC(=O)C(C)(C)C. The monoisotopic (exact) mass is 263 g/mol. The van der Waals surface area contributed by atoms with Gasteiger partial charge in [-0.15, -0.1) is 0 Å². The lowest BCUT2D eigenvalue weighted by atomic mass is 9.93. The average molecular weight is 263 g/mol. The van der Waals surface area contributed by atoms with Gasteiger partial charge in [0, 0.05) is 5.41 Å². The van der Waals surface area contributed by atoms with Gasteiger partial charge in [-0.3, -0.25) is 4.79 Å². The first kappa shape index (κ1) is 15.7. The van der Waals surface area contributed by atoms with E-state index in [1.54, 1.807) is 0 Å². The molecular formula is C16H25NO2. The Morgan fingerprint density at radius 2 is 1.68 bits per heavy atom. The third-order valence-corrected chi connectivity index (χ3v) is 2.71. The van der Waals surface area contributed by atoms with E-state index in [9.17, 15) is 4.79 Å². The molecule has 0 atom stereocenters. The Bertz CT molecular complexity index is 405. The lowest BCUT2D eigenvalue weighted by molar-refractivity contribution is -0.131. The highest BCUT2D eigenvalue weighted by Gasteiger charge is 2.28. The van der Waals surface area contributed by atoms with Crippen molar-refractivity contribution in [3.05, 3.63) is 35.9 Å². The van der Waals surface area contributed by atoms with Crippen LogP contribution in [0.1, 0.15) is 40.2 Å². The largest absolute Gasteiger partial charge is 0.374 e. The van der Waals surface area contributed by atoms with E-state index in [0.29, 0.717) is 13.2 Å². The highest BCUT2D eigenvalue weighted by atomic mass is 16.5.